The molecule has 5 heteroatoms. The highest BCUT2D eigenvalue weighted by molar-refractivity contribution is 5.78. The lowest BCUT2D eigenvalue weighted by molar-refractivity contribution is -0.145. The summed E-state index contributed by atoms with van der Waals surface area (Å²) in [6.45, 7) is 5.59. The van der Waals surface area contributed by atoms with E-state index in [0.717, 1.165) is 38.9 Å². The standard InChI is InChI=1S/C15H28N2O3/c1-11(17(3)13-6-8-20-9-7-13)10-15(2,14(18)19)16-12-4-5-12/h11-13,16H,4-10H2,1-3H3,(H,18,19). The van der Waals surface area contributed by atoms with Crippen LogP contribution in [0.25, 0.3) is 0 Å². The summed E-state index contributed by atoms with van der Waals surface area (Å²) in [6, 6.07) is 1.15. The van der Waals surface area contributed by atoms with Crippen LogP contribution < -0.4 is 5.32 Å². The van der Waals surface area contributed by atoms with Gasteiger partial charge in [-0.15, -0.1) is 0 Å². The summed E-state index contributed by atoms with van der Waals surface area (Å²) < 4.78 is 5.40. The predicted octanol–water partition coefficient (Wildman–Crippen LogP) is 1.47. The second kappa shape index (κ2) is 6.41. The second-order valence-electron chi connectivity index (χ2n) is 6.62. The molecule has 5 nitrogen and oxygen atoms in total. The van der Waals surface area contributed by atoms with Crippen molar-refractivity contribution in [1.29, 1.82) is 0 Å². The topological polar surface area (TPSA) is 61.8 Å². The van der Waals surface area contributed by atoms with Crippen LogP contribution >= 0.6 is 0 Å². The number of carboxylic acid groups (broad SMARTS) is 1. The Morgan fingerprint density at radius 3 is 2.50 bits per heavy atom. The van der Waals surface area contributed by atoms with Gasteiger partial charge in [-0.1, -0.05) is 0 Å². The minimum atomic E-state index is -0.819. The molecular formula is C15H28N2O3. The van der Waals surface area contributed by atoms with E-state index in [1.54, 1.807) is 0 Å². The normalized spacial score (nSPS) is 25.4. The third-order valence-corrected chi connectivity index (χ3v) is 4.74. The minimum Gasteiger partial charge on any atom is -0.480 e. The molecule has 1 aliphatic heterocycles. The molecule has 1 saturated heterocycles. The van der Waals surface area contributed by atoms with E-state index in [1.165, 1.54) is 0 Å². The van der Waals surface area contributed by atoms with Crippen molar-refractivity contribution < 1.29 is 14.6 Å². The number of ether oxygens (including phenoxy) is 1. The number of carbonyl (C=O) groups is 1. The summed E-state index contributed by atoms with van der Waals surface area (Å²) in [4.78, 5) is 13.9. The molecule has 0 amide bonds. The Morgan fingerprint density at radius 1 is 1.40 bits per heavy atom. The molecule has 20 heavy (non-hydrogen) atoms. The third kappa shape index (κ3) is 3.93. The van der Waals surface area contributed by atoms with Crippen LogP contribution in [0, 0.1) is 0 Å². The number of carboxylic acids is 1. The summed E-state index contributed by atoms with van der Waals surface area (Å²) in [5.41, 5.74) is -0.819. The van der Waals surface area contributed by atoms with Crippen molar-refractivity contribution in [1.82, 2.24) is 10.2 Å². The van der Waals surface area contributed by atoms with Crippen LogP contribution in [0.15, 0.2) is 0 Å². The average molecular weight is 284 g/mol. The molecule has 116 valence electrons. The molecule has 2 N–H and O–H groups in total. The highest BCUT2D eigenvalue weighted by atomic mass is 16.5. The largest absolute Gasteiger partial charge is 0.480 e. The number of rotatable bonds is 7. The molecule has 2 fully saturated rings. The van der Waals surface area contributed by atoms with Crippen LogP contribution in [0.5, 0.6) is 0 Å². The van der Waals surface area contributed by atoms with Gasteiger partial charge in [-0.2, -0.15) is 0 Å². The van der Waals surface area contributed by atoms with Crippen molar-refractivity contribution in [2.75, 3.05) is 20.3 Å². The van der Waals surface area contributed by atoms with Crippen LogP contribution in [0.3, 0.4) is 0 Å². The highest BCUT2D eigenvalue weighted by Crippen LogP contribution is 2.27. The van der Waals surface area contributed by atoms with Crippen LogP contribution in [-0.4, -0.2) is 59.9 Å². The van der Waals surface area contributed by atoms with E-state index in [-0.39, 0.29) is 6.04 Å². The maximum Gasteiger partial charge on any atom is 0.323 e. The van der Waals surface area contributed by atoms with Gasteiger partial charge < -0.3 is 14.7 Å². The summed E-state index contributed by atoms with van der Waals surface area (Å²) >= 11 is 0. The van der Waals surface area contributed by atoms with Gasteiger partial charge in [0.2, 0.25) is 0 Å². The Kier molecular flexibility index (Phi) is 5.04. The lowest BCUT2D eigenvalue weighted by Gasteiger charge is -2.39. The van der Waals surface area contributed by atoms with Crippen LogP contribution in [0.2, 0.25) is 0 Å². The average Bonchev–Trinajstić information content (AvgIpc) is 3.22. The fraction of sp³-hybridized carbons (Fsp3) is 0.933. The minimum absolute atomic E-state index is 0.241. The highest BCUT2D eigenvalue weighted by Gasteiger charge is 2.40. The monoisotopic (exact) mass is 284 g/mol. The number of aliphatic carboxylic acids is 1. The molecule has 1 aliphatic carbocycles. The Labute approximate surface area is 121 Å². The van der Waals surface area contributed by atoms with Gasteiger partial charge in [-0.3, -0.25) is 10.1 Å². The van der Waals surface area contributed by atoms with E-state index in [1.807, 2.05) is 6.92 Å². The lowest BCUT2D eigenvalue weighted by atomic mass is 9.91. The van der Waals surface area contributed by atoms with Crippen LogP contribution in [0.4, 0.5) is 0 Å². The zero-order valence-corrected chi connectivity index (χ0v) is 12.9. The van der Waals surface area contributed by atoms with Crippen molar-refractivity contribution in [3.8, 4) is 0 Å². The summed E-state index contributed by atoms with van der Waals surface area (Å²) in [5.74, 6) is -0.739. The molecule has 0 aromatic heterocycles. The van der Waals surface area contributed by atoms with E-state index in [4.69, 9.17) is 4.74 Å². The van der Waals surface area contributed by atoms with E-state index in [2.05, 4.69) is 24.2 Å². The molecule has 0 spiro atoms. The zero-order chi connectivity index (χ0) is 14.8. The first kappa shape index (κ1) is 15.7. The fourth-order valence-electron chi connectivity index (χ4n) is 3.07. The van der Waals surface area contributed by atoms with Crippen molar-refractivity contribution in [2.24, 2.45) is 0 Å². The van der Waals surface area contributed by atoms with Crippen molar-refractivity contribution in [2.45, 2.75) is 69.6 Å². The molecule has 1 saturated carbocycles. The molecule has 0 radical (unpaired) electrons. The predicted molar refractivity (Wildman–Crippen MR) is 77.9 cm³/mol. The van der Waals surface area contributed by atoms with Gasteiger partial charge in [0.25, 0.3) is 0 Å². The third-order valence-electron chi connectivity index (χ3n) is 4.74. The Balaban J connectivity index is 1.92. The van der Waals surface area contributed by atoms with Crippen molar-refractivity contribution in [3.05, 3.63) is 0 Å². The molecule has 2 atom stereocenters. The van der Waals surface area contributed by atoms with Gasteiger partial charge in [0.1, 0.15) is 5.54 Å². The van der Waals surface area contributed by atoms with E-state index in [9.17, 15) is 9.90 Å². The molecule has 0 aromatic rings. The van der Waals surface area contributed by atoms with Crippen LogP contribution in [-0.2, 0) is 9.53 Å². The van der Waals surface area contributed by atoms with Gasteiger partial charge in [0.05, 0.1) is 0 Å². The van der Waals surface area contributed by atoms with Gasteiger partial charge in [0.15, 0.2) is 0 Å². The lowest BCUT2D eigenvalue weighted by Crippen LogP contribution is -2.55. The molecule has 0 aromatic carbocycles. The van der Waals surface area contributed by atoms with Crippen molar-refractivity contribution in [3.63, 3.8) is 0 Å². The molecule has 2 rings (SSSR count). The molecule has 2 unspecified atom stereocenters. The quantitative estimate of drug-likeness (QED) is 0.741. The zero-order valence-electron chi connectivity index (χ0n) is 12.9. The Bertz CT molecular complexity index is 340. The first-order valence-corrected chi connectivity index (χ1v) is 7.73. The first-order valence-electron chi connectivity index (χ1n) is 7.73. The molecule has 0 bridgehead atoms. The Morgan fingerprint density at radius 2 is 2.00 bits per heavy atom. The molecular weight excluding hydrogens is 256 g/mol. The summed E-state index contributed by atoms with van der Waals surface area (Å²) in [6.07, 6.45) is 4.92. The van der Waals surface area contributed by atoms with Gasteiger partial charge >= 0.3 is 5.97 Å². The number of nitrogens with one attached hydrogen (secondary N) is 1. The molecule has 1 heterocycles. The number of hydrogen-bond acceptors (Lipinski definition) is 4. The molecule has 2 aliphatic rings. The summed E-state index contributed by atoms with van der Waals surface area (Å²) in [5, 5.41) is 12.9. The number of hydrogen-bond donors (Lipinski definition) is 2. The van der Waals surface area contributed by atoms with Crippen molar-refractivity contribution >= 4 is 5.97 Å². The second-order valence-corrected chi connectivity index (χ2v) is 6.62. The number of nitrogens with zero attached hydrogens (tertiary/aromatic N) is 1. The Hall–Kier alpha value is -0.650. The van der Waals surface area contributed by atoms with E-state index >= 15 is 0 Å². The maximum atomic E-state index is 11.6. The van der Waals surface area contributed by atoms with E-state index < -0.39 is 11.5 Å². The van der Waals surface area contributed by atoms with Gasteiger partial charge in [-0.25, -0.2) is 0 Å². The SMILES string of the molecule is CC(CC(C)(NC1CC1)C(=O)O)N(C)C1CCOCC1. The van der Waals surface area contributed by atoms with Gasteiger partial charge in [0, 0.05) is 31.3 Å². The smallest absolute Gasteiger partial charge is 0.323 e. The van der Waals surface area contributed by atoms with Gasteiger partial charge in [-0.05, 0) is 53.0 Å². The maximum absolute atomic E-state index is 11.6. The fourth-order valence-corrected chi connectivity index (χ4v) is 3.07. The van der Waals surface area contributed by atoms with E-state index in [0.29, 0.717) is 18.5 Å². The first-order chi connectivity index (χ1) is 9.42. The summed E-state index contributed by atoms with van der Waals surface area (Å²) in [7, 11) is 2.11. The van der Waals surface area contributed by atoms with Crippen LogP contribution in [0.1, 0.15) is 46.0 Å².